The van der Waals surface area contributed by atoms with Gasteiger partial charge < -0.3 is 35.8 Å². The number of carbonyl (C=O) groups excluding carboxylic acids is 5. The molecule has 4 unspecified atom stereocenters. The Labute approximate surface area is 298 Å². The minimum atomic E-state index is -0.915. The quantitative estimate of drug-likeness (QED) is 0.183. The Hall–Kier alpha value is -3.71. The lowest BCUT2D eigenvalue weighted by Crippen LogP contribution is -2.56. The van der Waals surface area contributed by atoms with Crippen molar-refractivity contribution >= 4 is 29.8 Å². The largest absolute Gasteiger partial charge is 0.467 e. The fourth-order valence-corrected chi connectivity index (χ4v) is 6.19. The molecule has 8 atom stereocenters. The van der Waals surface area contributed by atoms with E-state index in [4.69, 9.17) is 9.47 Å². The molecule has 1 fully saturated rings. The molecule has 282 valence electrons. The summed E-state index contributed by atoms with van der Waals surface area (Å²) in [5.74, 6) is -3.73. The number of aliphatic hydroxyl groups excluding tert-OH is 1. The third-order valence-electron chi connectivity index (χ3n) is 9.23. The minimum Gasteiger partial charge on any atom is -0.467 e. The van der Waals surface area contributed by atoms with Crippen molar-refractivity contribution in [2.45, 2.75) is 118 Å². The number of carbonyl (C=O) groups is 5. The van der Waals surface area contributed by atoms with Crippen LogP contribution in [0.2, 0.25) is 0 Å². The highest BCUT2D eigenvalue weighted by atomic mass is 16.6. The van der Waals surface area contributed by atoms with Crippen LogP contribution in [0.25, 0.3) is 0 Å². The molecular weight excluding hydrogens is 642 g/mol. The maximum Gasteiger partial charge on any atom is 0.408 e. The van der Waals surface area contributed by atoms with Crippen LogP contribution >= 0.6 is 0 Å². The summed E-state index contributed by atoms with van der Waals surface area (Å²) in [4.78, 5) is 66.8. The third kappa shape index (κ3) is 12.9. The molecule has 2 rings (SSSR count). The molecule has 1 aliphatic rings. The SMILES string of the molecule is COC(=O)[C@@H](NC(=O)[C@H](NC(=O)C(C)C1CCN([C@H](C)NC(=O)[C@H](C)NC(=O)OC(C)(C)C)CC(Cc2ccccc2)C1O)C(C)C)C(C)C. The van der Waals surface area contributed by atoms with Crippen LogP contribution in [0.15, 0.2) is 30.3 Å². The number of esters is 1. The number of benzene rings is 1. The highest BCUT2D eigenvalue weighted by Crippen LogP contribution is 2.32. The Morgan fingerprint density at radius 1 is 0.840 bits per heavy atom. The minimum absolute atomic E-state index is 0.226. The molecule has 13 heteroatoms. The van der Waals surface area contributed by atoms with Crippen LogP contribution in [0.5, 0.6) is 0 Å². The number of hydrogen-bond donors (Lipinski definition) is 5. The lowest BCUT2D eigenvalue weighted by atomic mass is 9.79. The van der Waals surface area contributed by atoms with Crippen LogP contribution in [0, 0.1) is 29.6 Å². The lowest BCUT2D eigenvalue weighted by molar-refractivity contribution is -0.147. The number of nitrogens with zero attached hydrogens (tertiary/aromatic N) is 1. The second-order valence-corrected chi connectivity index (χ2v) is 15.2. The van der Waals surface area contributed by atoms with Gasteiger partial charge in [-0.05, 0) is 70.8 Å². The van der Waals surface area contributed by atoms with Crippen LogP contribution in [-0.4, -0.2) is 96.0 Å². The molecule has 0 radical (unpaired) electrons. The Kier molecular flexibility index (Phi) is 16.2. The second kappa shape index (κ2) is 19.1. The molecule has 4 amide bonds. The van der Waals surface area contributed by atoms with Crippen LogP contribution in [0.4, 0.5) is 4.79 Å². The molecule has 1 saturated heterocycles. The van der Waals surface area contributed by atoms with E-state index in [2.05, 4.69) is 26.2 Å². The molecule has 0 aliphatic carbocycles. The van der Waals surface area contributed by atoms with E-state index in [9.17, 15) is 29.1 Å². The number of methoxy groups -OCH3 is 1. The van der Waals surface area contributed by atoms with Crippen molar-refractivity contribution in [3.63, 3.8) is 0 Å². The van der Waals surface area contributed by atoms with Crippen molar-refractivity contribution in [1.82, 2.24) is 26.2 Å². The van der Waals surface area contributed by atoms with Gasteiger partial charge in [-0.15, -0.1) is 0 Å². The summed E-state index contributed by atoms with van der Waals surface area (Å²) in [6, 6.07) is 7.15. The zero-order chi connectivity index (χ0) is 37.9. The van der Waals surface area contributed by atoms with E-state index in [1.807, 2.05) is 51.1 Å². The second-order valence-electron chi connectivity index (χ2n) is 15.2. The molecule has 1 heterocycles. The van der Waals surface area contributed by atoms with Gasteiger partial charge in [0.1, 0.15) is 23.7 Å². The van der Waals surface area contributed by atoms with E-state index in [1.54, 1.807) is 48.5 Å². The normalized spacial score (nSPS) is 21.5. The third-order valence-corrected chi connectivity index (χ3v) is 9.23. The predicted molar refractivity (Wildman–Crippen MR) is 190 cm³/mol. The number of alkyl carbamates (subject to hydrolysis) is 1. The summed E-state index contributed by atoms with van der Waals surface area (Å²) < 4.78 is 10.1. The topological polar surface area (TPSA) is 175 Å². The van der Waals surface area contributed by atoms with E-state index in [1.165, 1.54) is 7.11 Å². The summed E-state index contributed by atoms with van der Waals surface area (Å²) in [5.41, 5.74) is 0.324. The van der Waals surface area contributed by atoms with Gasteiger partial charge in [0, 0.05) is 24.9 Å². The van der Waals surface area contributed by atoms with Gasteiger partial charge in [-0.25, -0.2) is 9.59 Å². The summed E-state index contributed by atoms with van der Waals surface area (Å²) in [7, 11) is 1.26. The van der Waals surface area contributed by atoms with Crippen LogP contribution in [0.3, 0.4) is 0 Å². The summed E-state index contributed by atoms with van der Waals surface area (Å²) in [6.45, 7) is 18.5. The van der Waals surface area contributed by atoms with E-state index < -0.39 is 65.8 Å². The highest BCUT2D eigenvalue weighted by molar-refractivity contribution is 5.91. The first-order chi connectivity index (χ1) is 23.2. The number of amides is 4. The van der Waals surface area contributed by atoms with E-state index >= 15 is 0 Å². The number of nitrogens with one attached hydrogen (secondary N) is 4. The van der Waals surface area contributed by atoms with E-state index in [0.29, 0.717) is 25.9 Å². The van der Waals surface area contributed by atoms with Crippen molar-refractivity contribution in [3.8, 4) is 0 Å². The van der Waals surface area contributed by atoms with Gasteiger partial charge >= 0.3 is 12.1 Å². The van der Waals surface area contributed by atoms with Crippen LogP contribution in [0.1, 0.15) is 81.2 Å². The molecule has 1 aromatic rings. The summed E-state index contributed by atoms with van der Waals surface area (Å²) in [5, 5.41) is 23.1. The number of rotatable bonds is 14. The Morgan fingerprint density at radius 3 is 1.96 bits per heavy atom. The van der Waals surface area contributed by atoms with Gasteiger partial charge in [-0.3, -0.25) is 19.3 Å². The van der Waals surface area contributed by atoms with Crippen molar-refractivity contribution in [2.24, 2.45) is 29.6 Å². The molecule has 1 aromatic carbocycles. The van der Waals surface area contributed by atoms with Gasteiger partial charge in [0.05, 0.1) is 19.4 Å². The molecule has 0 aromatic heterocycles. The average molecular weight is 704 g/mol. The number of likely N-dealkylation sites (tertiary alicyclic amines) is 1. The van der Waals surface area contributed by atoms with Crippen molar-refractivity contribution < 1.29 is 38.6 Å². The van der Waals surface area contributed by atoms with Gasteiger partial charge in [-0.1, -0.05) is 65.0 Å². The molecule has 5 N–H and O–H groups in total. The maximum absolute atomic E-state index is 13.8. The number of aliphatic hydroxyl groups is 1. The highest BCUT2D eigenvalue weighted by Gasteiger charge is 2.41. The Balaban J connectivity index is 2.25. The van der Waals surface area contributed by atoms with Crippen LogP contribution < -0.4 is 21.3 Å². The van der Waals surface area contributed by atoms with Crippen molar-refractivity contribution in [1.29, 1.82) is 0 Å². The number of ether oxygens (including phenoxy) is 2. The summed E-state index contributed by atoms with van der Waals surface area (Å²) in [6.07, 6.45) is -1.02. The molecule has 0 saturated carbocycles. The molecule has 0 spiro atoms. The van der Waals surface area contributed by atoms with Crippen molar-refractivity contribution in [3.05, 3.63) is 35.9 Å². The van der Waals surface area contributed by atoms with Gasteiger partial charge in [0.15, 0.2) is 0 Å². The molecule has 0 bridgehead atoms. The monoisotopic (exact) mass is 703 g/mol. The van der Waals surface area contributed by atoms with Gasteiger partial charge in [0.25, 0.3) is 0 Å². The first-order valence-electron chi connectivity index (χ1n) is 17.7. The first-order valence-corrected chi connectivity index (χ1v) is 17.7. The fraction of sp³-hybridized carbons (Fsp3) is 0.703. The smallest absolute Gasteiger partial charge is 0.408 e. The lowest BCUT2D eigenvalue weighted by Gasteiger charge is -2.33. The van der Waals surface area contributed by atoms with E-state index in [-0.39, 0.29) is 29.6 Å². The maximum atomic E-state index is 13.8. The predicted octanol–water partition coefficient (Wildman–Crippen LogP) is 2.99. The van der Waals surface area contributed by atoms with Gasteiger partial charge in [-0.2, -0.15) is 0 Å². The number of hydrogen-bond acceptors (Lipinski definition) is 9. The van der Waals surface area contributed by atoms with E-state index in [0.717, 1.165) is 5.56 Å². The standard InChI is InChI=1S/C37H61N5O8/c1-21(2)29(34(46)41-30(22(3)4)35(47)49-11)40-32(44)23(5)28-17-18-42(20-27(31(28)43)19-26-15-13-12-14-16-26)25(7)39-33(45)24(6)38-36(48)50-37(8,9)10/h12-16,21-25,27-31,43H,17-20H2,1-11H3,(H,38,48)(H,39,45)(H,40,44)(H,41,46)/t23?,24-,25+,27?,28?,29+,30-,31?/m0/s1. The average Bonchev–Trinajstić information content (AvgIpc) is 3.19. The van der Waals surface area contributed by atoms with Gasteiger partial charge in [0.2, 0.25) is 17.7 Å². The molecule has 50 heavy (non-hydrogen) atoms. The zero-order valence-corrected chi connectivity index (χ0v) is 31.7. The van der Waals surface area contributed by atoms with Crippen LogP contribution in [-0.2, 0) is 35.1 Å². The fourth-order valence-electron chi connectivity index (χ4n) is 6.19. The molecule has 13 nitrogen and oxygen atoms in total. The van der Waals surface area contributed by atoms with Crippen molar-refractivity contribution in [2.75, 3.05) is 20.2 Å². The molecule has 1 aliphatic heterocycles. The first kappa shape index (κ1) is 42.5. The summed E-state index contributed by atoms with van der Waals surface area (Å²) >= 11 is 0. The Bertz CT molecular complexity index is 1280. The molecular formula is C37H61N5O8. The Morgan fingerprint density at radius 2 is 1.42 bits per heavy atom. The zero-order valence-electron chi connectivity index (χ0n) is 31.7.